The maximum Gasteiger partial charge on any atom is 0.266 e. The lowest BCUT2D eigenvalue weighted by Crippen LogP contribution is -2.30. The number of hydrogen-bond acceptors (Lipinski definition) is 5. The van der Waals surface area contributed by atoms with E-state index >= 15 is 0 Å². The molecule has 5 rings (SSSR count). The molecule has 0 saturated carbocycles. The number of hydrogen-bond donors (Lipinski definition) is 0. The van der Waals surface area contributed by atoms with Gasteiger partial charge in [0, 0.05) is 41.6 Å². The minimum Gasteiger partial charge on any atom is -0.497 e. The molecule has 176 valence electrons. The van der Waals surface area contributed by atoms with Crippen molar-refractivity contribution in [1.29, 1.82) is 0 Å². The Bertz CT molecular complexity index is 1360. The minimum atomic E-state index is 0.662. The molecule has 0 fully saturated rings. The van der Waals surface area contributed by atoms with Gasteiger partial charge in [-0.2, -0.15) is 4.57 Å². The maximum absolute atomic E-state index is 6.41. The zero-order valence-electron chi connectivity index (χ0n) is 19.9. The fourth-order valence-corrected chi connectivity index (χ4v) is 7.09. The number of rotatable bonds is 6. The van der Waals surface area contributed by atoms with Crippen molar-refractivity contribution in [1.82, 2.24) is 0 Å². The summed E-state index contributed by atoms with van der Waals surface area (Å²) in [5, 5.41) is 3.23. The van der Waals surface area contributed by atoms with Gasteiger partial charge in [0.15, 0.2) is 6.54 Å². The van der Waals surface area contributed by atoms with Gasteiger partial charge in [-0.25, -0.2) is 0 Å². The molecule has 3 aromatic rings. The van der Waals surface area contributed by atoms with Crippen LogP contribution in [0.2, 0.25) is 5.02 Å². The zero-order chi connectivity index (χ0) is 23.8. The van der Waals surface area contributed by atoms with Gasteiger partial charge in [-0.05, 0) is 43.2 Å². The first kappa shape index (κ1) is 23.3. The molecule has 7 heteroatoms. The number of allylic oxidation sites excluding steroid dienone is 5. The highest BCUT2D eigenvalue weighted by molar-refractivity contribution is 8.03. The van der Waals surface area contributed by atoms with Gasteiger partial charge in [0.1, 0.15) is 16.2 Å². The maximum atomic E-state index is 6.41. The molecule has 0 atom stereocenters. The van der Waals surface area contributed by atoms with Gasteiger partial charge in [-0.3, -0.25) is 0 Å². The second-order valence-electron chi connectivity index (χ2n) is 8.21. The first-order chi connectivity index (χ1) is 16.6. The van der Waals surface area contributed by atoms with Gasteiger partial charge in [0.25, 0.3) is 5.01 Å². The van der Waals surface area contributed by atoms with E-state index in [9.17, 15) is 0 Å². The van der Waals surface area contributed by atoms with Crippen LogP contribution < -0.4 is 18.9 Å². The van der Waals surface area contributed by atoms with E-state index < -0.39 is 0 Å². The zero-order valence-corrected chi connectivity index (χ0v) is 22.2. The summed E-state index contributed by atoms with van der Waals surface area (Å²) in [7, 11) is 3.38. The number of aryl methyl sites for hydroxylation is 1. The molecule has 0 saturated heterocycles. The van der Waals surface area contributed by atoms with E-state index in [1.54, 1.807) is 14.2 Å². The molecule has 4 nitrogen and oxygen atoms in total. The Labute approximate surface area is 214 Å². The number of methoxy groups -OCH3 is 2. The summed E-state index contributed by atoms with van der Waals surface area (Å²) in [6.07, 6.45) is 8.93. The van der Waals surface area contributed by atoms with Crippen molar-refractivity contribution in [2.45, 2.75) is 38.1 Å². The van der Waals surface area contributed by atoms with E-state index in [1.165, 1.54) is 42.0 Å². The number of anilines is 1. The first-order valence-electron chi connectivity index (χ1n) is 11.5. The van der Waals surface area contributed by atoms with E-state index in [4.69, 9.17) is 21.1 Å². The third-order valence-electron chi connectivity index (χ3n) is 6.32. The fraction of sp³-hybridized carbons (Fsp3) is 0.296. The van der Waals surface area contributed by atoms with Crippen molar-refractivity contribution in [2.75, 3.05) is 25.7 Å². The molecule has 0 radical (unpaired) electrons. The molecule has 2 aliphatic heterocycles. The van der Waals surface area contributed by atoms with Crippen LogP contribution in [0.25, 0.3) is 15.8 Å². The van der Waals surface area contributed by atoms with Crippen molar-refractivity contribution < 1.29 is 14.0 Å². The predicted molar refractivity (Wildman–Crippen MR) is 145 cm³/mol. The number of thiazole rings is 1. The van der Waals surface area contributed by atoms with Gasteiger partial charge < -0.3 is 14.4 Å². The smallest absolute Gasteiger partial charge is 0.266 e. The average molecular weight is 512 g/mol. The lowest BCUT2D eigenvalue weighted by molar-refractivity contribution is -0.659. The second kappa shape index (κ2) is 9.68. The van der Waals surface area contributed by atoms with Crippen molar-refractivity contribution in [3.05, 3.63) is 69.2 Å². The molecular weight excluding hydrogens is 484 g/mol. The van der Waals surface area contributed by atoms with Crippen LogP contribution in [-0.4, -0.2) is 20.8 Å². The number of ether oxygens (including phenoxy) is 2. The molecule has 3 heterocycles. The van der Waals surface area contributed by atoms with Crippen LogP contribution >= 0.6 is 34.7 Å². The lowest BCUT2D eigenvalue weighted by atomic mass is 10.1. The molecule has 0 spiro atoms. The monoisotopic (exact) mass is 511 g/mol. The molecule has 0 bridgehead atoms. The van der Waals surface area contributed by atoms with Gasteiger partial charge in [0.2, 0.25) is 5.52 Å². The van der Waals surface area contributed by atoms with Crippen LogP contribution in [0, 0.1) is 0 Å². The van der Waals surface area contributed by atoms with Crippen LogP contribution in [0.3, 0.4) is 0 Å². The summed E-state index contributed by atoms with van der Waals surface area (Å²) >= 11 is 10.0. The summed E-state index contributed by atoms with van der Waals surface area (Å²) in [5.74, 6) is 1.62. The Hall–Kier alpha value is -2.41. The van der Waals surface area contributed by atoms with Crippen molar-refractivity contribution in [3.8, 4) is 11.5 Å². The Kier molecular flexibility index (Phi) is 6.65. The SMILES string of the molecule is CCC(=CC=C1Sc2ccc(OC)cc2N1CC)C=C1CC[n+]2c1sc1cc(OC)c(Cl)cc12. The summed E-state index contributed by atoms with van der Waals surface area (Å²) in [4.78, 5) is 3.63. The lowest BCUT2D eigenvalue weighted by Gasteiger charge is -2.18. The van der Waals surface area contributed by atoms with E-state index in [2.05, 4.69) is 59.7 Å². The molecule has 2 aliphatic rings. The van der Waals surface area contributed by atoms with Crippen LogP contribution in [0.15, 0.2) is 64.1 Å². The predicted octanol–water partition coefficient (Wildman–Crippen LogP) is 7.46. The molecule has 0 amide bonds. The number of nitrogens with zero attached hydrogens (tertiary/aromatic N) is 2. The number of fused-ring (bicyclic) bond motifs is 4. The third-order valence-corrected chi connectivity index (χ3v) is 8.97. The van der Waals surface area contributed by atoms with E-state index in [0.717, 1.165) is 37.4 Å². The van der Waals surface area contributed by atoms with Crippen LogP contribution in [0.4, 0.5) is 5.69 Å². The molecule has 34 heavy (non-hydrogen) atoms. The van der Waals surface area contributed by atoms with Gasteiger partial charge >= 0.3 is 0 Å². The topological polar surface area (TPSA) is 25.6 Å². The summed E-state index contributed by atoms with van der Waals surface area (Å²) < 4.78 is 14.5. The molecule has 0 unspecified atom stereocenters. The standard InChI is InChI=1S/C27H28ClN2O2S2/c1-5-17(7-10-26-29(6-2)21-14-19(31-3)8-9-24(21)33-26)13-18-11-12-30-22-15-20(28)23(32-4)16-25(22)34-27(18)30/h7-10,13-16H,5-6,11-12H2,1-4H3/q+1. The van der Waals surface area contributed by atoms with Gasteiger partial charge in [-0.1, -0.05) is 47.7 Å². The summed E-state index contributed by atoms with van der Waals surface area (Å²) in [6, 6.07) is 10.4. The highest BCUT2D eigenvalue weighted by atomic mass is 35.5. The quantitative estimate of drug-likeness (QED) is 0.321. The molecule has 0 N–H and O–H groups in total. The van der Waals surface area contributed by atoms with Gasteiger partial charge in [0.05, 0.1) is 30.0 Å². The summed E-state index contributed by atoms with van der Waals surface area (Å²) in [5.41, 5.74) is 5.13. The van der Waals surface area contributed by atoms with E-state index in [1.807, 2.05) is 35.2 Å². The Balaban J connectivity index is 1.46. The second-order valence-corrected chi connectivity index (χ2v) is 10.7. The number of halogens is 1. The molecule has 1 aromatic heterocycles. The fourth-order valence-electron chi connectivity index (χ4n) is 4.50. The van der Waals surface area contributed by atoms with Crippen molar-refractivity contribution in [2.24, 2.45) is 0 Å². The number of benzene rings is 2. The van der Waals surface area contributed by atoms with Crippen molar-refractivity contribution in [3.63, 3.8) is 0 Å². The normalized spacial score (nSPS) is 17.7. The molecule has 2 aromatic carbocycles. The number of thioether (sulfide) groups is 1. The van der Waals surface area contributed by atoms with Crippen LogP contribution in [-0.2, 0) is 6.54 Å². The van der Waals surface area contributed by atoms with Crippen LogP contribution in [0.5, 0.6) is 11.5 Å². The highest BCUT2D eigenvalue weighted by Gasteiger charge is 2.31. The first-order valence-corrected chi connectivity index (χ1v) is 13.5. The Morgan fingerprint density at radius 1 is 1.18 bits per heavy atom. The van der Waals surface area contributed by atoms with Crippen molar-refractivity contribution >= 4 is 56.2 Å². The Morgan fingerprint density at radius 2 is 2.03 bits per heavy atom. The molecule has 0 aliphatic carbocycles. The van der Waals surface area contributed by atoms with E-state index in [-0.39, 0.29) is 0 Å². The number of aromatic nitrogens is 1. The summed E-state index contributed by atoms with van der Waals surface area (Å²) in [6.45, 7) is 6.32. The molecular formula is C27H28ClN2O2S2+. The van der Waals surface area contributed by atoms with Gasteiger partial charge in [-0.15, -0.1) is 0 Å². The highest BCUT2D eigenvalue weighted by Crippen LogP contribution is 2.47. The van der Waals surface area contributed by atoms with Crippen LogP contribution in [0.1, 0.15) is 31.7 Å². The van der Waals surface area contributed by atoms with E-state index in [0.29, 0.717) is 5.02 Å². The Morgan fingerprint density at radius 3 is 2.76 bits per heavy atom. The largest absolute Gasteiger partial charge is 0.497 e. The third kappa shape index (κ3) is 4.12. The average Bonchev–Trinajstić information content (AvgIpc) is 3.52. The minimum absolute atomic E-state index is 0.662.